The van der Waals surface area contributed by atoms with Gasteiger partial charge >= 0.3 is 0 Å². The summed E-state index contributed by atoms with van der Waals surface area (Å²) in [4.78, 5) is 4.29. The highest BCUT2D eigenvalue weighted by atomic mass is 127. The van der Waals surface area contributed by atoms with Gasteiger partial charge < -0.3 is 0 Å². The largest absolute Gasteiger partial charge is 0.264 e. The number of fused-ring (bicyclic) bond motifs is 1. The van der Waals surface area contributed by atoms with Crippen molar-refractivity contribution in [3.63, 3.8) is 0 Å². The van der Waals surface area contributed by atoms with E-state index in [-0.39, 0.29) is 0 Å². The van der Waals surface area contributed by atoms with Crippen molar-refractivity contribution >= 4 is 43.4 Å². The highest BCUT2D eigenvalue weighted by Gasteiger charge is 2.15. The van der Waals surface area contributed by atoms with Gasteiger partial charge in [-0.3, -0.25) is 4.98 Å². The zero-order chi connectivity index (χ0) is 12.3. The third-order valence-corrected chi connectivity index (χ3v) is 4.38. The number of nitrogens with one attached hydrogen (secondary N) is 1. The van der Waals surface area contributed by atoms with Gasteiger partial charge in [-0.05, 0) is 12.1 Å². The minimum absolute atomic E-state index is 0.308. The monoisotopic (exact) mass is 362 g/mol. The second-order valence-electron chi connectivity index (χ2n) is 3.44. The average molecular weight is 362 g/mol. The normalized spacial score (nSPS) is 11.8. The number of sulfonamides is 1. The first kappa shape index (κ1) is 12.7. The van der Waals surface area contributed by atoms with Gasteiger partial charge in [0.05, 0.1) is 4.90 Å². The number of benzene rings is 1. The van der Waals surface area contributed by atoms with Gasteiger partial charge in [0.25, 0.3) is 0 Å². The molecule has 0 unspecified atom stereocenters. The van der Waals surface area contributed by atoms with Crippen molar-refractivity contribution < 1.29 is 8.42 Å². The van der Waals surface area contributed by atoms with Crippen LogP contribution >= 0.6 is 22.6 Å². The summed E-state index contributed by atoms with van der Waals surface area (Å²) in [5.41, 5.74) is 0. The number of hydrogen-bond acceptors (Lipinski definition) is 3. The van der Waals surface area contributed by atoms with Crippen LogP contribution in [-0.2, 0) is 10.0 Å². The molecule has 1 N–H and O–H groups in total. The van der Waals surface area contributed by atoms with Crippen LogP contribution in [0, 0.1) is 0 Å². The van der Waals surface area contributed by atoms with Crippen molar-refractivity contribution in [3.05, 3.63) is 36.7 Å². The molecule has 90 valence electrons. The number of aromatic nitrogens is 1. The van der Waals surface area contributed by atoms with Crippen molar-refractivity contribution in [1.82, 2.24) is 9.71 Å². The summed E-state index contributed by atoms with van der Waals surface area (Å²) in [5, 5.41) is 1.52. The molecule has 0 bridgehead atoms. The topological polar surface area (TPSA) is 59.1 Å². The molecule has 1 aromatic carbocycles. The van der Waals surface area contributed by atoms with Gasteiger partial charge in [0.1, 0.15) is 0 Å². The summed E-state index contributed by atoms with van der Waals surface area (Å²) in [6, 6.07) is 6.90. The van der Waals surface area contributed by atoms with Gasteiger partial charge in [-0.2, -0.15) is 0 Å². The zero-order valence-electron chi connectivity index (χ0n) is 8.93. The Labute approximate surface area is 114 Å². The number of hydrogen-bond donors (Lipinski definition) is 1. The van der Waals surface area contributed by atoms with Crippen molar-refractivity contribution in [1.29, 1.82) is 0 Å². The van der Waals surface area contributed by atoms with Crippen LogP contribution in [0.4, 0.5) is 0 Å². The molecule has 2 rings (SSSR count). The smallest absolute Gasteiger partial charge is 0.241 e. The van der Waals surface area contributed by atoms with Crippen molar-refractivity contribution in [2.75, 3.05) is 11.0 Å². The summed E-state index contributed by atoms with van der Waals surface area (Å²) >= 11 is 2.13. The fraction of sp³-hybridized carbons (Fsp3) is 0.182. The minimum atomic E-state index is -3.43. The highest BCUT2D eigenvalue weighted by molar-refractivity contribution is 14.1. The molecule has 1 aromatic heterocycles. The fourth-order valence-corrected chi connectivity index (χ4v) is 3.47. The molecular weight excluding hydrogens is 351 g/mol. The van der Waals surface area contributed by atoms with Crippen LogP contribution in [0.25, 0.3) is 10.8 Å². The van der Waals surface area contributed by atoms with E-state index >= 15 is 0 Å². The Bertz CT molecular complexity index is 623. The van der Waals surface area contributed by atoms with Crippen LogP contribution in [0.1, 0.15) is 0 Å². The molecule has 1 heterocycles. The molecule has 0 aliphatic carbocycles. The van der Waals surface area contributed by atoms with Crippen molar-refractivity contribution in [2.45, 2.75) is 4.90 Å². The third-order valence-electron chi connectivity index (χ3n) is 2.32. The maximum atomic E-state index is 12.1. The molecule has 0 saturated heterocycles. The first-order chi connectivity index (χ1) is 8.15. The van der Waals surface area contributed by atoms with Gasteiger partial charge in [-0.25, -0.2) is 13.1 Å². The van der Waals surface area contributed by atoms with E-state index in [1.165, 1.54) is 0 Å². The molecule has 4 nitrogen and oxygen atoms in total. The fourth-order valence-electron chi connectivity index (χ4n) is 1.58. The van der Waals surface area contributed by atoms with Crippen LogP contribution in [0.2, 0.25) is 0 Å². The Balaban J connectivity index is 2.55. The first-order valence-corrected chi connectivity index (χ1v) is 8.04. The number of rotatable bonds is 4. The first-order valence-electron chi connectivity index (χ1n) is 5.03. The Morgan fingerprint density at radius 1 is 1.29 bits per heavy atom. The molecule has 0 fully saturated rings. The quantitative estimate of drug-likeness (QED) is 0.668. The van der Waals surface area contributed by atoms with Crippen molar-refractivity contribution in [3.8, 4) is 0 Å². The van der Waals surface area contributed by atoms with E-state index in [1.54, 1.807) is 30.6 Å². The van der Waals surface area contributed by atoms with Crippen molar-refractivity contribution in [2.24, 2.45) is 0 Å². The number of halogens is 1. The molecule has 0 amide bonds. The molecule has 0 spiro atoms. The zero-order valence-corrected chi connectivity index (χ0v) is 11.9. The maximum Gasteiger partial charge on any atom is 0.241 e. The lowest BCUT2D eigenvalue weighted by Crippen LogP contribution is -2.25. The number of pyridine rings is 1. The molecule has 2 aromatic rings. The highest BCUT2D eigenvalue weighted by Crippen LogP contribution is 2.21. The SMILES string of the molecule is O=S(=O)(NCCI)c1cccc2cnccc12. The van der Waals surface area contributed by atoms with E-state index in [9.17, 15) is 8.42 Å². The molecule has 0 atom stereocenters. The molecule has 0 saturated carbocycles. The summed E-state index contributed by atoms with van der Waals surface area (Å²) in [6.45, 7) is 0.435. The van der Waals surface area contributed by atoms with Gasteiger partial charge in [-0.1, -0.05) is 34.7 Å². The van der Waals surface area contributed by atoms with Gasteiger partial charge in [0.2, 0.25) is 10.0 Å². The lowest BCUT2D eigenvalue weighted by Gasteiger charge is -2.08. The summed E-state index contributed by atoms with van der Waals surface area (Å²) in [5.74, 6) is 0. The third kappa shape index (κ3) is 2.75. The van der Waals surface area contributed by atoms with Gasteiger partial charge in [0, 0.05) is 34.1 Å². The Hall–Kier alpha value is -0.730. The van der Waals surface area contributed by atoms with E-state index < -0.39 is 10.0 Å². The van der Waals surface area contributed by atoms with E-state index in [0.29, 0.717) is 16.8 Å². The van der Waals surface area contributed by atoms with Gasteiger partial charge in [-0.15, -0.1) is 0 Å². The van der Waals surface area contributed by atoms with Gasteiger partial charge in [0.15, 0.2) is 0 Å². The van der Waals surface area contributed by atoms with E-state index in [2.05, 4.69) is 32.3 Å². The molecule has 0 radical (unpaired) electrons. The Morgan fingerprint density at radius 2 is 2.12 bits per heavy atom. The van der Waals surface area contributed by atoms with Crippen LogP contribution in [0.5, 0.6) is 0 Å². The minimum Gasteiger partial charge on any atom is -0.264 e. The number of alkyl halides is 1. The van der Waals surface area contributed by atoms with Crippen LogP contribution in [0.15, 0.2) is 41.6 Å². The van der Waals surface area contributed by atoms with E-state index in [0.717, 1.165) is 9.81 Å². The second-order valence-corrected chi connectivity index (χ2v) is 6.25. The average Bonchev–Trinajstić information content (AvgIpc) is 2.36. The molecular formula is C11H11IN2O2S. The maximum absolute atomic E-state index is 12.1. The molecule has 17 heavy (non-hydrogen) atoms. The lowest BCUT2D eigenvalue weighted by atomic mass is 10.2. The molecule has 0 aliphatic heterocycles. The summed E-state index contributed by atoms with van der Waals surface area (Å²) < 4.78 is 27.4. The second kappa shape index (κ2) is 5.28. The Morgan fingerprint density at radius 3 is 2.88 bits per heavy atom. The van der Waals surface area contributed by atoms with E-state index in [1.807, 2.05) is 6.07 Å². The van der Waals surface area contributed by atoms with E-state index in [4.69, 9.17) is 0 Å². The number of nitrogens with zero attached hydrogens (tertiary/aromatic N) is 1. The summed E-state index contributed by atoms with van der Waals surface area (Å²) in [6.07, 6.45) is 3.26. The Kier molecular flexibility index (Phi) is 3.95. The molecule has 0 aliphatic rings. The van der Waals surface area contributed by atoms with Crippen LogP contribution in [0.3, 0.4) is 0 Å². The van der Waals surface area contributed by atoms with Crippen LogP contribution in [-0.4, -0.2) is 24.4 Å². The predicted octanol–water partition coefficient (Wildman–Crippen LogP) is 1.95. The molecule has 6 heteroatoms. The standard InChI is InChI=1S/C11H11IN2O2S/c12-5-7-14-17(15,16)11-3-1-2-9-8-13-6-4-10(9)11/h1-4,6,8,14H,5,7H2. The predicted molar refractivity (Wildman–Crippen MR) is 75.8 cm³/mol. The summed E-state index contributed by atoms with van der Waals surface area (Å²) in [7, 11) is -3.43. The lowest BCUT2D eigenvalue weighted by molar-refractivity contribution is 0.585. The van der Waals surface area contributed by atoms with Crippen LogP contribution < -0.4 is 4.72 Å².